The molecule has 4 aromatic carbocycles. The van der Waals surface area contributed by atoms with E-state index in [0.717, 1.165) is 16.5 Å². The van der Waals surface area contributed by atoms with E-state index in [0.29, 0.717) is 22.5 Å². The van der Waals surface area contributed by atoms with Crippen LogP contribution in [0, 0.1) is 0 Å². The maximum absolute atomic E-state index is 13.8. The predicted octanol–water partition coefficient (Wildman–Crippen LogP) is 5.80. The van der Waals surface area contributed by atoms with Gasteiger partial charge in [0.15, 0.2) is 0 Å². The lowest BCUT2D eigenvalue weighted by molar-refractivity contribution is 0.595. The van der Waals surface area contributed by atoms with Crippen molar-refractivity contribution in [2.75, 3.05) is 4.31 Å². The molecule has 0 unspecified atom stereocenters. The van der Waals surface area contributed by atoms with Gasteiger partial charge in [0.25, 0.3) is 10.0 Å². The number of rotatable bonds is 2. The number of anilines is 2. The van der Waals surface area contributed by atoms with Crippen LogP contribution in [0.1, 0.15) is 0 Å². The standard InChI is InChI=1S/C26H17N3O2S/c30-32(31)24-17-9-6-13-20(24)19-12-5-8-16-23(19)29(32)26-27-22-15-7-4-14-21(22)25(28-26)18-10-2-1-3-11-18/h1-17H. The Hall–Kier alpha value is -4.03. The van der Waals surface area contributed by atoms with Crippen LogP contribution in [0.3, 0.4) is 0 Å². The second kappa shape index (κ2) is 7.00. The molecule has 0 spiro atoms. The van der Waals surface area contributed by atoms with E-state index in [2.05, 4.69) is 4.98 Å². The van der Waals surface area contributed by atoms with Crippen LogP contribution in [0.2, 0.25) is 0 Å². The van der Waals surface area contributed by atoms with Crippen molar-refractivity contribution < 1.29 is 8.42 Å². The SMILES string of the molecule is O=S1(=O)c2ccccc2-c2ccccc2N1c1nc(-c2ccccc2)c2ccccc2n1. The molecule has 0 fully saturated rings. The van der Waals surface area contributed by atoms with E-state index in [1.165, 1.54) is 4.31 Å². The van der Waals surface area contributed by atoms with Crippen LogP contribution in [0.5, 0.6) is 0 Å². The molecule has 6 heteroatoms. The minimum absolute atomic E-state index is 0.129. The highest BCUT2D eigenvalue weighted by Crippen LogP contribution is 2.46. The highest BCUT2D eigenvalue weighted by atomic mass is 32.2. The van der Waals surface area contributed by atoms with Crippen LogP contribution in [0.25, 0.3) is 33.3 Å². The minimum Gasteiger partial charge on any atom is -0.212 e. The number of benzene rings is 4. The summed E-state index contributed by atoms with van der Waals surface area (Å²) >= 11 is 0. The Kier molecular flexibility index (Phi) is 4.10. The summed E-state index contributed by atoms with van der Waals surface area (Å²) < 4.78 is 28.9. The Balaban J connectivity index is 1.68. The van der Waals surface area contributed by atoms with Crippen molar-refractivity contribution in [2.45, 2.75) is 4.90 Å². The highest BCUT2D eigenvalue weighted by Gasteiger charge is 2.37. The van der Waals surface area contributed by atoms with Gasteiger partial charge < -0.3 is 0 Å². The van der Waals surface area contributed by atoms with Crippen LogP contribution in [-0.2, 0) is 10.0 Å². The highest BCUT2D eigenvalue weighted by molar-refractivity contribution is 7.93. The summed E-state index contributed by atoms with van der Waals surface area (Å²) in [7, 11) is -3.91. The third-order valence-electron chi connectivity index (χ3n) is 5.64. The molecule has 0 amide bonds. The molecular weight excluding hydrogens is 418 g/mol. The summed E-state index contributed by atoms with van der Waals surface area (Å²) in [6.45, 7) is 0. The summed E-state index contributed by atoms with van der Waals surface area (Å²) in [5, 5.41) is 0.866. The molecule has 0 saturated heterocycles. The smallest absolute Gasteiger partial charge is 0.212 e. The number of para-hydroxylation sites is 2. The van der Waals surface area contributed by atoms with Gasteiger partial charge in [0.05, 0.1) is 21.8 Å². The molecule has 0 N–H and O–H groups in total. The molecule has 5 nitrogen and oxygen atoms in total. The second-order valence-electron chi connectivity index (χ2n) is 7.54. The lowest BCUT2D eigenvalue weighted by Gasteiger charge is -2.30. The molecule has 6 rings (SSSR count). The molecule has 0 aliphatic carbocycles. The largest absolute Gasteiger partial charge is 0.271 e. The molecule has 32 heavy (non-hydrogen) atoms. The Morgan fingerprint density at radius 3 is 2.12 bits per heavy atom. The van der Waals surface area contributed by atoms with Gasteiger partial charge in [0.1, 0.15) is 0 Å². The maximum atomic E-state index is 13.8. The summed E-state index contributed by atoms with van der Waals surface area (Å²) in [5.74, 6) is 0.129. The number of hydrogen-bond acceptors (Lipinski definition) is 4. The van der Waals surface area contributed by atoms with Crippen molar-refractivity contribution in [3.05, 3.63) is 103 Å². The summed E-state index contributed by atoms with van der Waals surface area (Å²) in [5.41, 5.74) is 4.33. The van der Waals surface area contributed by atoms with Crippen molar-refractivity contribution in [1.82, 2.24) is 9.97 Å². The van der Waals surface area contributed by atoms with E-state index in [1.54, 1.807) is 18.2 Å². The lowest BCUT2D eigenvalue weighted by atomic mass is 10.0. The molecule has 1 aliphatic rings. The third kappa shape index (κ3) is 2.73. The number of sulfonamides is 1. The monoisotopic (exact) mass is 435 g/mol. The summed E-state index contributed by atoms with van der Waals surface area (Å²) in [6, 6.07) is 31.9. The molecular formula is C26H17N3O2S. The molecule has 1 aromatic heterocycles. The lowest BCUT2D eigenvalue weighted by Crippen LogP contribution is -2.31. The normalized spacial score (nSPS) is 14.1. The first-order valence-electron chi connectivity index (χ1n) is 10.2. The van der Waals surface area contributed by atoms with Crippen molar-refractivity contribution in [3.63, 3.8) is 0 Å². The Morgan fingerprint density at radius 2 is 1.28 bits per heavy atom. The first-order valence-corrected chi connectivity index (χ1v) is 11.6. The van der Waals surface area contributed by atoms with Crippen molar-refractivity contribution in [2.24, 2.45) is 0 Å². The molecule has 0 radical (unpaired) electrons. The quantitative estimate of drug-likeness (QED) is 0.351. The van der Waals surface area contributed by atoms with Crippen LogP contribution in [0.15, 0.2) is 108 Å². The van der Waals surface area contributed by atoms with E-state index < -0.39 is 10.0 Å². The minimum atomic E-state index is -3.91. The molecule has 1 aliphatic heterocycles. The van der Waals surface area contributed by atoms with Gasteiger partial charge in [-0.3, -0.25) is 0 Å². The van der Waals surface area contributed by atoms with Gasteiger partial charge in [-0.2, -0.15) is 0 Å². The van der Waals surface area contributed by atoms with Gasteiger partial charge in [-0.1, -0.05) is 84.9 Å². The Morgan fingerprint density at radius 1 is 0.625 bits per heavy atom. The maximum Gasteiger partial charge on any atom is 0.271 e. The van der Waals surface area contributed by atoms with E-state index in [-0.39, 0.29) is 10.8 Å². The van der Waals surface area contributed by atoms with Crippen LogP contribution >= 0.6 is 0 Å². The molecule has 0 bridgehead atoms. The molecule has 0 atom stereocenters. The molecule has 5 aromatic rings. The number of aromatic nitrogens is 2. The van der Waals surface area contributed by atoms with Crippen LogP contribution in [-0.4, -0.2) is 18.4 Å². The van der Waals surface area contributed by atoms with Crippen molar-refractivity contribution >= 4 is 32.6 Å². The fraction of sp³-hybridized carbons (Fsp3) is 0. The zero-order valence-electron chi connectivity index (χ0n) is 16.9. The van der Waals surface area contributed by atoms with Gasteiger partial charge in [0, 0.05) is 22.1 Å². The van der Waals surface area contributed by atoms with E-state index in [4.69, 9.17) is 4.98 Å². The van der Waals surface area contributed by atoms with Gasteiger partial charge in [-0.15, -0.1) is 0 Å². The van der Waals surface area contributed by atoms with Crippen LogP contribution in [0.4, 0.5) is 11.6 Å². The summed E-state index contributed by atoms with van der Waals surface area (Å²) in [4.78, 5) is 9.73. The van der Waals surface area contributed by atoms with Gasteiger partial charge >= 0.3 is 0 Å². The molecule has 2 heterocycles. The Labute approximate surface area is 185 Å². The number of hydrogen-bond donors (Lipinski definition) is 0. The van der Waals surface area contributed by atoms with Crippen molar-refractivity contribution in [3.8, 4) is 22.4 Å². The summed E-state index contributed by atoms with van der Waals surface area (Å²) in [6.07, 6.45) is 0. The van der Waals surface area contributed by atoms with E-state index in [9.17, 15) is 8.42 Å². The fourth-order valence-electron chi connectivity index (χ4n) is 4.21. The van der Waals surface area contributed by atoms with Crippen molar-refractivity contribution in [1.29, 1.82) is 0 Å². The average Bonchev–Trinajstić information content (AvgIpc) is 2.84. The topological polar surface area (TPSA) is 63.2 Å². The third-order valence-corrected chi connectivity index (χ3v) is 7.39. The number of nitrogens with zero attached hydrogens (tertiary/aromatic N) is 3. The second-order valence-corrected chi connectivity index (χ2v) is 9.29. The Bertz CT molecular complexity index is 1600. The first kappa shape index (κ1) is 18.7. The predicted molar refractivity (Wildman–Crippen MR) is 126 cm³/mol. The first-order chi connectivity index (χ1) is 15.6. The van der Waals surface area contributed by atoms with Crippen LogP contribution < -0.4 is 4.31 Å². The zero-order valence-corrected chi connectivity index (χ0v) is 17.7. The van der Waals surface area contributed by atoms with E-state index in [1.807, 2.05) is 84.9 Å². The van der Waals surface area contributed by atoms with Gasteiger partial charge in [0.2, 0.25) is 5.95 Å². The molecule has 0 saturated carbocycles. The number of fused-ring (bicyclic) bond motifs is 4. The fourth-order valence-corrected chi connectivity index (χ4v) is 5.82. The van der Waals surface area contributed by atoms with E-state index >= 15 is 0 Å². The van der Waals surface area contributed by atoms with Gasteiger partial charge in [-0.05, 0) is 18.2 Å². The molecule has 154 valence electrons. The average molecular weight is 436 g/mol. The van der Waals surface area contributed by atoms with Gasteiger partial charge in [-0.25, -0.2) is 22.7 Å². The zero-order chi connectivity index (χ0) is 21.7.